The van der Waals surface area contributed by atoms with E-state index >= 15 is 0 Å². The summed E-state index contributed by atoms with van der Waals surface area (Å²) < 4.78 is 26.3. The summed E-state index contributed by atoms with van der Waals surface area (Å²) in [5, 5.41) is 2.49. The highest BCUT2D eigenvalue weighted by atomic mass is 35.5. The first kappa shape index (κ1) is 15.7. The van der Waals surface area contributed by atoms with Crippen molar-refractivity contribution in [1.29, 1.82) is 0 Å². The topological polar surface area (TPSA) is 42.0 Å². The first-order valence-corrected chi connectivity index (χ1v) is 7.25. The van der Waals surface area contributed by atoms with Crippen molar-refractivity contribution in [3.05, 3.63) is 53.2 Å². The van der Waals surface area contributed by atoms with Crippen molar-refractivity contribution in [3.8, 4) is 0 Å². The number of pyridine rings is 1. The van der Waals surface area contributed by atoms with E-state index in [0.29, 0.717) is 10.8 Å². The van der Waals surface area contributed by atoms with E-state index in [0.717, 1.165) is 23.9 Å². The molecule has 1 aromatic heterocycles. The van der Waals surface area contributed by atoms with E-state index in [9.17, 15) is 13.6 Å². The number of thioether (sulfide) groups is 1. The Kier molecular flexibility index (Phi) is 5.14. The number of benzene rings is 1. The zero-order valence-electron chi connectivity index (χ0n) is 10.9. The second-order valence-corrected chi connectivity index (χ2v) is 6.00. The molecule has 0 bridgehead atoms. The van der Waals surface area contributed by atoms with Crippen molar-refractivity contribution in [2.45, 2.75) is 17.1 Å². The smallest absolute Gasteiger partial charge is 0.238 e. The Morgan fingerprint density at radius 2 is 2.10 bits per heavy atom. The summed E-state index contributed by atoms with van der Waals surface area (Å²) in [7, 11) is 0. The van der Waals surface area contributed by atoms with Gasteiger partial charge in [-0.05, 0) is 31.2 Å². The lowest BCUT2D eigenvalue weighted by Crippen LogP contribution is -2.23. The van der Waals surface area contributed by atoms with Crippen LogP contribution in [0.2, 0.25) is 5.02 Å². The molecule has 21 heavy (non-hydrogen) atoms. The number of halogens is 3. The lowest BCUT2D eigenvalue weighted by Gasteiger charge is -2.12. The van der Waals surface area contributed by atoms with Gasteiger partial charge in [-0.3, -0.25) is 4.79 Å². The Balaban J connectivity index is 2.00. The fourth-order valence-corrected chi connectivity index (χ4v) is 2.47. The van der Waals surface area contributed by atoms with Gasteiger partial charge >= 0.3 is 0 Å². The van der Waals surface area contributed by atoms with E-state index in [1.807, 2.05) is 0 Å². The molecule has 110 valence electrons. The number of hydrogen-bond acceptors (Lipinski definition) is 3. The van der Waals surface area contributed by atoms with Gasteiger partial charge in [0.25, 0.3) is 0 Å². The van der Waals surface area contributed by atoms with E-state index < -0.39 is 16.9 Å². The highest BCUT2D eigenvalue weighted by Crippen LogP contribution is 2.27. The quantitative estimate of drug-likeness (QED) is 0.858. The Morgan fingerprint density at radius 1 is 1.33 bits per heavy atom. The molecule has 0 radical (unpaired) electrons. The predicted octanol–water partition coefficient (Wildman–Crippen LogP) is 4.13. The average molecular weight is 329 g/mol. The summed E-state index contributed by atoms with van der Waals surface area (Å²) in [6.07, 6.45) is 1.41. The molecular formula is C14H11ClF2N2OS. The van der Waals surface area contributed by atoms with Crippen LogP contribution in [-0.2, 0) is 4.79 Å². The lowest BCUT2D eigenvalue weighted by molar-refractivity contribution is -0.115. The van der Waals surface area contributed by atoms with Crippen molar-refractivity contribution >= 4 is 35.1 Å². The van der Waals surface area contributed by atoms with Gasteiger partial charge in [-0.25, -0.2) is 13.8 Å². The molecule has 1 amide bonds. The van der Waals surface area contributed by atoms with E-state index in [1.54, 1.807) is 19.1 Å². The number of amides is 1. The Labute approximate surface area is 129 Å². The van der Waals surface area contributed by atoms with Gasteiger partial charge < -0.3 is 5.32 Å². The van der Waals surface area contributed by atoms with Crippen LogP contribution < -0.4 is 5.32 Å². The monoisotopic (exact) mass is 328 g/mol. The number of nitrogens with one attached hydrogen (secondary N) is 1. The summed E-state index contributed by atoms with van der Waals surface area (Å²) in [6.45, 7) is 1.62. The molecule has 1 heterocycles. The molecule has 2 rings (SSSR count). The van der Waals surface area contributed by atoms with Crippen molar-refractivity contribution in [2.75, 3.05) is 5.32 Å². The maximum Gasteiger partial charge on any atom is 0.238 e. The third-order valence-corrected chi connectivity index (χ3v) is 3.92. The molecule has 0 spiro atoms. The van der Waals surface area contributed by atoms with Crippen molar-refractivity contribution in [2.24, 2.45) is 0 Å². The second-order valence-electron chi connectivity index (χ2n) is 4.19. The summed E-state index contributed by atoms with van der Waals surface area (Å²) in [4.78, 5) is 16.1. The third kappa shape index (κ3) is 4.41. The van der Waals surface area contributed by atoms with Crippen molar-refractivity contribution in [3.63, 3.8) is 0 Å². The van der Waals surface area contributed by atoms with Crippen LogP contribution >= 0.6 is 23.4 Å². The zero-order chi connectivity index (χ0) is 15.4. The molecule has 0 saturated heterocycles. The molecule has 0 fully saturated rings. The molecule has 0 aliphatic rings. The van der Waals surface area contributed by atoms with Crippen LogP contribution in [-0.4, -0.2) is 16.1 Å². The first-order chi connectivity index (χ1) is 9.95. The van der Waals surface area contributed by atoms with E-state index in [4.69, 9.17) is 11.6 Å². The standard InChI is InChI=1S/C14H11ClF2N2OS/c1-8(21-12-4-3-10(16)6-11(12)17)14(20)19-13-5-2-9(15)7-18-13/h2-8H,1H3,(H,18,19,20)/t8-/m0/s1. The van der Waals surface area contributed by atoms with Crippen molar-refractivity contribution in [1.82, 2.24) is 4.98 Å². The Hall–Kier alpha value is -1.66. The van der Waals surface area contributed by atoms with Crippen LogP contribution in [0.25, 0.3) is 0 Å². The van der Waals surface area contributed by atoms with Gasteiger partial charge in [0, 0.05) is 17.2 Å². The molecule has 1 atom stereocenters. The maximum absolute atomic E-state index is 13.5. The third-order valence-electron chi connectivity index (χ3n) is 2.55. The fraction of sp³-hybridized carbons (Fsp3) is 0.143. The molecule has 1 aromatic carbocycles. The molecule has 0 aliphatic heterocycles. The SMILES string of the molecule is C[C@H](Sc1ccc(F)cc1F)C(=O)Nc1ccc(Cl)cn1. The van der Waals surface area contributed by atoms with Crippen LogP contribution in [0, 0.1) is 11.6 Å². The number of aromatic nitrogens is 1. The molecule has 0 unspecified atom stereocenters. The predicted molar refractivity (Wildman–Crippen MR) is 79.6 cm³/mol. The van der Waals surface area contributed by atoms with Gasteiger partial charge in [-0.1, -0.05) is 11.6 Å². The van der Waals surface area contributed by atoms with Crippen LogP contribution in [0.3, 0.4) is 0 Å². The minimum atomic E-state index is -0.690. The average Bonchev–Trinajstić information content (AvgIpc) is 2.44. The largest absolute Gasteiger partial charge is 0.310 e. The maximum atomic E-state index is 13.5. The van der Waals surface area contributed by atoms with Gasteiger partial charge in [-0.15, -0.1) is 11.8 Å². The molecule has 7 heteroatoms. The summed E-state index contributed by atoms with van der Waals surface area (Å²) in [5.74, 6) is -1.32. The zero-order valence-corrected chi connectivity index (χ0v) is 12.5. The van der Waals surface area contributed by atoms with Gasteiger partial charge in [0.05, 0.1) is 10.3 Å². The summed E-state index contributed by atoms with van der Waals surface area (Å²) in [6, 6.07) is 6.40. The van der Waals surface area contributed by atoms with Crippen LogP contribution in [0.15, 0.2) is 41.4 Å². The minimum Gasteiger partial charge on any atom is -0.310 e. The van der Waals surface area contributed by atoms with Crippen LogP contribution in [0.4, 0.5) is 14.6 Å². The number of carbonyl (C=O) groups is 1. The second kappa shape index (κ2) is 6.87. The molecule has 3 nitrogen and oxygen atoms in total. The summed E-state index contributed by atoms with van der Waals surface area (Å²) >= 11 is 6.70. The van der Waals surface area contributed by atoms with E-state index in [-0.39, 0.29) is 10.8 Å². The first-order valence-electron chi connectivity index (χ1n) is 6.00. The molecule has 1 N–H and O–H groups in total. The Morgan fingerprint density at radius 3 is 2.71 bits per heavy atom. The van der Waals surface area contributed by atoms with Gasteiger partial charge in [0.2, 0.25) is 5.91 Å². The Bertz CT molecular complexity index is 652. The number of anilines is 1. The lowest BCUT2D eigenvalue weighted by atomic mass is 10.3. The number of rotatable bonds is 4. The fourth-order valence-electron chi connectivity index (χ4n) is 1.49. The number of carbonyl (C=O) groups excluding carboxylic acids is 1. The molecule has 0 saturated carbocycles. The number of hydrogen-bond donors (Lipinski definition) is 1. The van der Waals surface area contributed by atoms with Gasteiger partial charge in [0.15, 0.2) is 0 Å². The summed E-state index contributed by atoms with van der Waals surface area (Å²) in [5.41, 5.74) is 0. The normalized spacial score (nSPS) is 12.0. The van der Waals surface area contributed by atoms with Crippen molar-refractivity contribution < 1.29 is 13.6 Å². The van der Waals surface area contributed by atoms with Gasteiger partial charge in [0.1, 0.15) is 17.5 Å². The van der Waals surface area contributed by atoms with E-state index in [2.05, 4.69) is 10.3 Å². The molecule has 2 aromatic rings. The van der Waals surface area contributed by atoms with Crippen LogP contribution in [0.5, 0.6) is 0 Å². The number of nitrogens with zero attached hydrogens (tertiary/aromatic N) is 1. The van der Waals surface area contributed by atoms with Gasteiger partial charge in [-0.2, -0.15) is 0 Å². The highest BCUT2D eigenvalue weighted by Gasteiger charge is 2.17. The van der Waals surface area contributed by atoms with Crippen LogP contribution in [0.1, 0.15) is 6.92 Å². The molecule has 0 aliphatic carbocycles. The minimum absolute atomic E-state index is 0.211. The molecular weight excluding hydrogens is 318 g/mol. The highest BCUT2D eigenvalue weighted by molar-refractivity contribution is 8.00. The van der Waals surface area contributed by atoms with E-state index in [1.165, 1.54) is 12.3 Å².